The normalized spacial score (nSPS) is 42.4. The summed E-state index contributed by atoms with van der Waals surface area (Å²) in [5, 5.41) is 11.5. The van der Waals surface area contributed by atoms with Gasteiger partial charge in [-0.1, -0.05) is 37.6 Å². The molecule has 3 saturated carbocycles. The van der Waals surface area contributed by atoms with E-state index in [9.17, 15) is 19.5 Å². The van der Waals surface area contributed by atoms with Gasteiger partial charge < -0.3 is 9.84 Å². The molecule has 0 bridgehead atoms. The summed E-state index contributed by atoms with van der Waals surface area (Å²) in [7, 11) is 0. The number of ketones is 2. The zero-order chi connectivity index (χ0) is 25.2. The quantitative estimate of drug-likeness (QED) is 0.463. The van der Waals surface area contributed by atoms with Gasteiger partial charge in [0.2, 0.25) is 0 Å². The van der Waals surface area contributed by atoms with Crippen LogP contribution in [0.5, 0.6) is 0 Å². The first-order valence-corrected chi connectivity index (χ1v) is 13.1. The van der Waals surface area contributed by atoms with Crippen LogP contribution >= 0.6 is 11.6 Å². The van der Waals surface area contributed by atoms with Gasteiger partial charge >= 0.3 is 5.97 Å². The summed E-state index contributed by atoms with van der Waals surface area (Å²) < 4.78 is 23.4. The Kier molecular flexibility index (Phi) is 5.80. The number of fused-ring (bicyclic) bond motifs is 5. The van der Waals surface area contributed by atoms with Crippen molar-refractivity contribution < 1.29 is 28.6 Å². The molecule has 35 heavy (non-hydrogen) atoms. The van der Waals surface area contributed by atoms with E-state index in [0.29, 0.717) is 31.2 Å². The smallest absolute Gasteiger partial charge is 0.339 e. The number of hydrogen-bond acceptors (Lipinski definition) is 5. The van der Waals surface area contributed by atoms with E-state index in [1.165, 1.54) is 0 Å². The molecule has 0 saturated heterocycles. The minimum atomic E-state index is -1.93. The van der Waals surface area contributed by atoms with Gasteiger partial charge in [0.15, 0.2) is 17.2 Å². The summed E-state index contributed by atoms with van der Waals surface area (Å²) in [5.74, 6) is -2.15. The van der Waals surface area contributed by atoms with Crippen molar-refractivity contribution in [2.75, 3.05) is 5.88 Å². The minimum absolute atomic E-state index is 0.00933. The first-order valence-electron chi connectivity index (χ1n) is 12.5. The lowest BCUT2D eigenvalue weighted by Crippen LogP contribution is -2.70. The summed E-state index contributed by atoms with van der Waals surface area (Å²) >= 11 is 6.06. The predicted octanol–water partition coefficient (Wildman–Crippen LogP) is 4.98. The van der Waals surface area contributed by atoms with E-state index in [-0.39, 0.29) is 36.8 Å². The number of ether oxygens (including phenoxy) is 1. The molecule has 0 radical (unpaired) electrons. The Balaban J connectivity index is 1.56. The number of esters is 1. The fraction of sp³-hybridized carbons (Fsp3) is 0.607. The Morgan fingerprint density at radius 3 is 2.51 bits per heavy atom. The molecule has 0 amide bonds. The molecule has 5 nitrogen and oxygen atoms in total. The highest BCUT2D eigenvalue weighted by Crippen LogP contribution is 2.71. The van der Waals surface area contributed by atoms with E-state index in [1.54, 1.807) is 36.4 Å². The van der Waals surface area contributed by atoms with Crippen LogP contribution in [0.2, 0.25) is 0 Å². The average molecular weight is 503 g/mol. The molecule has 7 heteroatoms. The van der Waals surface area contributed by atoms with Crippen LogP contribution in [0, 0.1) is 22.7 Å². The molecular weight excluding hydrogens is 471 g/mol. The number of alkyl halides is 2. The summed E-state index contributed by atoms with van der Waals surface area (Å²) in [4.78, 5) is 38.6. The van der Waals surface area contributed by atoms with E-state index >= 15 is 4.39 Å². The molecule has 0 unspecified atom stereocenters. The number of Topliss-reactive ketones (excluding diaryl/α,β-unsaturated/α-hetero) is 1. The summed E-state index contributed by atoms with van der Waals surface area (Å²) in [5.41, 5.74) is -4.26. The van der Waals surface area contributed by atoms with Crippen LogP contribution in [0.15, 0.2) is 42.0 Å². The number of rotatable bonds is 4. The number of aliphatic hydroxyl groups is 1. The van der Waals surface area contributed by atoms with Gasteiger partial charge in [0.1, 0.15) is 5.67 Å². The lowest BCUT2D eigenvalue weighted by Gasteiger charge is -2.63. The van der Waals surface area contributed by atoms with E-state index in [1.807, 2.05) is 13.8 Å². The van der Waals surface area contributed by atoms with Crippen LogP contribution in [-0.4, -0.2) is 45.9 Å². The highest BCUT2D eigenvalue weighted by Gasteiger charge is 2.75. The topological polar surface area (TPSA) is 80.7 Å². The van der Waals surface area contributed by atoms with E-state index in [2.05, 4.69) is 0 Å². The monoisotopic (exact) mass is 502 g/mol. The zero-order valence-corrected chi connectivity index (χ0v) is 20.9. The number of allylic oxidation sites excluding steroid dienone is 1. The number of aliphatic hydroxyl groups excluding tert-OH is 1. The molecule has 1 aromatic carbocycles. The van der Waals surface area contributed by atoms with Crippen LogP contribution in [0.1, 0.15) is 69.2 Å². The molecule has 4 aliphatic carbocycles. The third-order valence-corrected chi connectivity index (χ3v) is 10.3. The van der Waals surface area contributed by atoms with Gasteiger partial charge in [-0.15, -0.1) is 11.6 Å². The van der Waals surface area contributed by atoms with Crippen molar-refractivity contribution in [2.24, 2.45) is 22.7 Å². The second-order valence-corrected chi connectivity index (χ2v) is 11.6. The third kappa shape index (κ3) is 3.18. The fourth-order valence-corrected chi connectivity index (χ4v) is 8.36. The zero-order valence-electron chi connectivity index (χ0n) is 20.2. The molecule has 1 N–H and O–H groups in total. The van der Waals surface area contributed by atoms with Gasteiger partial charge in [0, 0.05) is 23.2 Å². The largest absolute Gasteiger partial charge is 0.447 e. The molecule has 0 aliphatic heterocycles. The molecule has 4 aliphatic rings. The maximum absolute atomic E-state index is 17.3. The predicted molar refractivity (Wildman–Crippen MR) is 129 cm³/mol. The van der Waals surface area contributed by atoms with E-state index < -0.39 is 45.9 Å². The summed E-state index contributed by atoms with van der Waals surface area (Å²) in [6.07, 6.45) is 2.61. The number of carbonyl (C=O) groups is 3. The van der Waals surface area contributed by atoms with Gasteiger partial charge in [0.25, 0.3) is 0 Å². The van der Waals surface area contributed by atoms with Gasteiger partial charge in [-0.25, -0.2) is 9.18 Å². The van der Waals surface area contributed by atoms with Crippen LogP contribution < -0.4 is 0 Å². The molecule has 0 spiro atoms. The first-order chi connectivity index (χ1) is 16.5. The molecule has 0 aromatic heterocycles. The van der Waals surface area contributed by atoms with Crippen molar-refractivity contribution in [3.05, 3.63) is 47.5 Å². The minimum Gasteiger partial charge on any atom is -0.447 e. The number of hydrogen-bond donors (Lipinski definition) is 1. The van der Waals surface area contributed by atoms with E-state index in [0.717, 1.165) is 5.57 Å². The SMILES string of the molecule is C[C@]12CCC(=O)C=C1CC[C@H]1[C@@H]3CC[C@](OC(=O)c4ccccc4)(C(=O)CCl)[C@@]3(C)C[C@H](O)[C@@]12F. The lowest BCUT2D eigenvalue weighted by atomic mass is 9.44. The molecular formula is C28H32ClFO5. The van der Waals surface area contributed by atoms with Crippen molar-refractivity contribution in [3.63, 3.8) is 0 Å². The molecule has 5 rings (SSSR count). The number of carbonyl (C=O) groups excluding carboxylic acids is 3. The molecule has 1 aromatic rings. The van der Waals surface area contributed by atoms with Crippen molar-refractivity contribution in [2.45, 2.75) is 76.2 Å². The third-order valence-electron chi connectivity index (χ3n) is 10.0. The van der Waals surface area contributed by atoms with Crippen LogP contribution in [0.4, 0.5) is 4.39 Å². The standard InChI is InChI=1S/C28H32ClFO5/c1-25-12-10-19(31)14-18(25)8-9-21-20-11-13-27(23(33)16-29,26(20,2)15-22(32)28(21,25)30)35-24(34)17-6-4-3-5-7-17/h3-7,14,20-22,32H,8-13,15-16H2,1-2H3/t20-,21-,22-,25-,26-,27-,28-/m0/s1. The Morgan fingerprint density at radius 1 is 1.11 bits per heavy atom. The van der Waals surface area contributed by atoms with Crippen LogP contribution in [0.3, 0.4) is 0 Å². The van der Waals surface area contributed by atoms with Gasteiger partial charge in [-0.05, 0) is 62.7 Å². The van der Waals surface area contributed by atoms with Crippen molar-refractivity contribution in [3.8, 4) is 0 Å². The fourth-order valence-electron chi connectivity index (χ4n) is 8.14. The van der Waals surface area contributed by atoms with Crippen LogP contribution in [-0.2, 0) is 14.3 Å². The Bertz CT molecular complexity index is 1100. The lowest BCUT2D eigenvalue weighted by molar-refractivity contribution is -0.225. The van der Waals surface area contributed by atoms with Gasteiger partial charge in [-0.3, -0.25) is 9.59 Å². The van der Waals surface area contributed by atoms with Gasteiger partial charge in [-0.2, -0.15) is 0 Å². The summed E-state index contributed by atoms with van der Waals surface area (Å²) in [6.45, 7) is 3.69. The first kappa shape index (κ1) is 24.6. The number of halogens is 2. The maximum atomic E-state index is 17.3. The van der Waals surface area contributed by atoms with Crippen LogP contribution in [0.25, 0.3) is 0 Å². The summed E-state index contributed by atoms with van der Waals surface area (Å²) in [6, 6.07) is 8.47. The Labute approximate surface area is 210 Å². The van der Waals surface area contributed by atoms with E-state index in [4.69, 9.17) is 16.3 Å². The van der Waals surface area contributed by atoms with Crippen molar-refractivity contribution >= 4 is 29.1 Å². The Hall–Kier alpha value is -2.05. The van der Waals surface area contributed by atoms with Crippen molar-refractivity contribution in [1.29, 1.82) is 0 Å². The average Bonchev–Trinajstić information content (AvgIpc) is 3.13. The second-order valence-electron chi connectivity index (χ2n) is 11.3. The number of benzene rings is 1. The highest BCUT2D eigenvalue weighted by molar-refractivity contribution is 6.29. The Morgan fingerprint density at radius 2 is 1.83 bits per heavy atom. The second kappa shape index (κ2) is 8.24. The van der Waals surface area contributed by atoms with Crippen molar-refractivity contribution in [1.82, 2.24) is 0 Å². The molecule has 188 valence electrons. The molecule has 3 fully saturated rings. The molecule has 0 heterocycles. The highest BCUT2D eigenvalue weighted by atomic mass is 35.5. The molecule has 7 atom stereocenters. The van der Waals surface area contributed by atoms with Gasteiger partial charge in [0.05, 0.1) is 17.5 Å². The maximum Gasteiger partial charge on any atom is 0.339 e.